The van der Waals surface area contributed by atoms with Crippen LogP contribution in [0.15, 0.2) is 29.2 Å². The Morgan fingerprint density at radius 2 is 1.70 bits per heavy atom. The highest BCUT2D eigenvalue weighted by Crippen LogP contribution is 2.47. The number of hydrogen-bond donors (Lipinski definition) is 2. The molecule has 0 bridgehead atoms. The van der Waals surface area contributed by atoms with Crippen molar-refractivity contribution in [2.75, 3.05) is 44.7 Å². The van der Waals surface area contributed by atoms with Gasteiger partial charge in [-0.25, -0.2) is 13.1 Å². The van der Waals surface area contributed by atoms with Crippen molar-refractivity contribution in [3.05, 3.63) is 24.3 Å². The zero-order chi connectivity index (χ0) is 19.9. The number of likely N-dealkylation sites (tertiary alicyclic amines) is 1. The second kappa shape index (κ2) is 10.0. The van der Waals surface area contributed by atoms with Crippen LogP contribution in [0.5, 0.6) is 0 Å². The van der Waals surface area contributed by atoms with E-state index in [0.29, 0.717) is 44.4 Å². The van der Waals surface area contributed by atoms with E-state index in [-0.39, 0.29) is 10.9 Å². The van der Waals surface area contributed by atoms with Crippen molar-refractivity contribution < 1.29 is 22.0 Å². The Hall–Kier alpha value is -0.960. The van der Waals surface area contributed by atoms with Gasteiger partial charge in [0.15, 0.2) is 0 Å². The van der Waals surface area contributed by atoms with E-state index in [1.807, 2.05) is 0 Å². The number of nitrogens with two attached hydrogens (primary N) is 1. The normalized spacial score (nSPS) is 17.3. The van der Waals surface area contributed by atoms with E-state index in [0.717, 1.165) is 13.1 Å². The lowest BCUT2D eigenvalue weighted by Gasteiger charge is -2.32. The quantitative estimate of drug-likeness (QED) is 0.442. The molecule has 1 saturated heterocycles. The number of piperidine rings is 1. The Bertz CT molecular complexity index is 723. The first-order chi connectivity index (χ1) is 12.8. The van der Waals surface area contributed by atoms with Gasteiger partial charge in [0, 0.05) is 18.3 Å². The first kappa shape index (κ1) is 22.3. The van der Waals surface area contributed by atoms with Crippen LogP contribution in [-0.2, 0) is 23.6 Å². The molecule has 27 heavy (non-hydrogen) atoms. The van der Waals surface area contributed by atoms with Crippen LogP contribution in [0.2, 0.25) is 0 Å². The summed E-state index contributed by atoms with van der Waals surface area (Å²) >= 11 is 0. The number of nitrogen functional groups attached to an aromatic ring is 1. The molecule has 154 valence electrons. The minimum Gasteiger partial charge on any atom is -0.399 e. The number of hydrogen-bond acceptors (Lipinski definition) is 7. The zero-order valence-corrected chi connectivity index (χ0v) is 17.7. The van der Waals surface area contributed by atoms with Crippen LogP contribution < -0.4 is 10.5 Å². The molecule has 0 aliphatic carbocycles. The molecule has 1 aliphatic heterocycles. The number of benzene rings is 1. The minimum absolute atomic E-state index is 0.116. The predicted octanol–water partition coefficient (Wildman–Crippen LogP) is 2.28. The lowest BCUT2D eigenvalue weighted by molar-refractivity contribution is 0.195. The highest BCUT2D eigenvalue weighted by Gasteiger charge is 2.28. The molecule has 0 atom stereocenters. The lowest BCUT2D eigenvalue weighted by Crippen LogP contribution is -2.45. The molecule has 0 aromatic heterocycles. The fourth-order valence-corrected chi connectivity index (χ4v) is 5.98. The molecule has 8 nitrogen and oxygen atoms in total. The van der Waals surface area contributed by atoms with Crippen LogP contribution in [-0.4, -0.2) is 58.4 Å². The summed E-state index contributed by atoms with van der Waals surface area (Å²) in [5.74, 6) is 0. The highest BCUT2D eigenvalue weighted by atomic mass is 32.2. The van der Waals surface area contributed by atoms with E-state index in [9.17, 15) is 13.0 Å². The monoisotopic (exact) mass is 419 g/mol. The molecule has 1 aromatic rings. The molecule has 1 aliphatic rings. The van der Waals surface area contributed by atoms with Gasteiger partial charge in [-0.15, -0.1) is 0 Å². The van der Waals surface area contributed by atoms with Crippen molar-refractivity contribution in [2.24, 2.45) is 0 Å². The first-order valence-electron chi connectivity index (χ1n) is 9.26. The summed E-state index contributed by atoms with van der Waals surface area (Å²) in [6.07, 6.45) is 1.74. The largest absolute Gasteiger partial charge is 0.399 e. The molecule has 0 spiro atoms. The Morgan fingerprint density at radius 1 is 1.15 bits per heavy atom. The van der Waals surface area contributed by atoms with Gasteiger partial charge in [-0.2, -0.15) is 0 Å². The molecule has 2 rings (SSSR count). The summed E-state index contributed by atoms with van der Waals surface area (Å²) in [4.78, 5) is 2.38. The second-order valence-corrected chi connectivity index (χ2v) is 10.4. The summed E-state index contributed by atoms with van der Waals surface area (Å²) in [5, 5.41) is 0. The van der Waals surface area contributed by atoms with Crippen LogP contribution in [0.4, 0.5) is 5.69 Å². The predicted molar refractivity (Wildman–Crippen MR) is 106 cm³/mol. The van der Waals surface area contributed by atoms with Gasteiger partial charge in [0.25, 0.3) is 0 Å². The van der Waals surface area contributed by atoms with E-state index in [1.165, 1.54) is 12.1 Å². The molecule has 0 saturated carbocycles. The summed E-state index contributed by atoms with van der Waals surface area (Å²) in [6, 6.07) is 6.05. The Balaban J connectivity index is 1.83. The third-order valence-electron chi connectivity index (χ3n) is 4.44. The van der Waals surface area contributed by atoms with Gasteiger partial charge in [0.1, 0.15) is 0 Å². The Kier molecular flexibility index (Phi) is 8.27. The van der Waals surface area contributed by atoms with E-state index < -0.39 is 17.6 Å². The van der Waals surface area contributed by atoms with Gasteiger partial charge < -0.3 is 19.7 Å². The lowest BCUT2D eigenvalue weighted by atomic mass is 10.1. The molecule has 1 heterocycles. The molecule has 10 heteroatoms. The van der Waals surface area contributed by atoms with Crippen LogP contribution in [0, 0.1) is 0 Å². The number of rotatable bonds is 10. The van der Waals surface area contributed by atoms with Gasteiger partial charge in [0.2, 0.25) is 10.0 Å². The van der Waals surface area contributed by atoms with E-state index in [1.54, 1.807) is 26.0 Å². The maximum absolute atomic E-state index is 12.5. The molecule has 1 aromatic carbocycles. The molecular formula is C17H30N3O5PS. The number of sulfonamides is 1. The minimum atomic E-state index is -3.55. The third kappa shape index (κ3) is 6.85. The third-order valence-corrected chi connectivity index (χ3v) is 8.03. The van der Waals surface area contributed by atoms with E-state index in [2.05, 4.69) is 9.62 Å². The van der Waals surface area contributed by atoms with E-state index in [4.69, 9.17) is 14.8 Å². The smallest absolute Gasteiger partial charge is 0.331 e. The maximum atomic E-state index is 12.5. The fraction of sp³-hybridized carbons (Fsp3) is 0.647. The van der Waals surface area contributed by atoms with Gasteiger partial charge in [-0.1, -0.05) is 0 Å². The molecular weight excluding hydrogens is 389 g/mol. The fourth-order valence-electron chi connectivity index (χ4n) is 3.03. The summed E-state index contributed by atoms with van der Waals surface area (Å²) in [7, 11) is -6.60. The van der Waals surface area contributed by atoms with E-state index >= 15 is 0 Å². The van der Waals surface area contributed by atoms with Gasteiger partial charge in [-0.3, -0.25) is 4.57 Å². The second-order valence-electron chi connectivity index (χ2n) is 6.48. The first-order valence-corrected chi connectivity index (χ1v) is 12.5. The number of anilines is 1. The van der Waals surface area contributed by atoms with Crippen LogP contribution in [0.3, 0.4) is 0 Å². The molecule has 0 unspecified atom stereocenters. The van der Waals surface area contributed by atoms with Crippen molar-refractivity contribution in [1.29, 1.82) is 0 Å². The van der Waals surface area contributed by atoms with Crippen molar-refractivity contribution in [3.63, 3.8) is 0 Å². The van der Waals surface area contributed by atoms with Gasteiger partial charge in [0.05, 0.1) is 24.3 Å². The maximum Gasteiger partial charge on any atom is 0.331 e. The Morgan fingerprint density at radius 3 is 2.22 bits per heavy atom. The van der Waals surface area contributed by atoms with Crippen molar-refractivity contribution in [2.45, 2.75) is 37.6 Å². The number of nitrogens with one attached hydrogen (secondary N) is 1. The van der Waals surface area contributed by atoms with Crippen LogP contribution in [0.25, 0.3) is 0 Å². The highest BCUT2D eigenvalue weighted by molar-refractivity contribution is 7.89. The molecule has 3 N–H and O–H groups in total. The van der Waals surface area contributed by atoms with Crippen molar-refractivity contribution in [3.8, 4) is 0 Å². The molecule has 1 fully saturated rings. The Labute approximate surface area is 162 Å². The SMILES string of the molecule is CCOP(=O)(CCN1CCC(NS(=O)(=O)c2ccc(N)cc2)CC1)OCC. The topological polar surface area (TPSA) is 111 Å². The van der Waals surface area contributed by atoms with Crippen molar-refractivity contribution >= 4 is 23.3 Å². The molecule has 0 amide bonds. The van der Waals surface area contributed by atoms with Crippen molar-refractivity contribution in [1.82, 2.24) is 9.62 Å². The summed E-state index contributed by atoms with van der Waals surface area (Å²) in [6.45, 7) is 6.36. The average Bonchev–Trinajstić information content (AvgIpc) is 2.62. The van der Waals surface area contributed by atoms with Crippen LogP contribution >= 0.6 is 7.60 Å². The number of nitrogens with zero attached hydrogens (tertiary/aromatic N) is 1. The average molecular weight is 419 g/mol. The van der Waals surface area contributed by atoms with Gasteiger partial charge in [-0.05, 0) is 64.0 Å². The van der Waals surface area contributed by atoms with Gasteiger partial charge >= 0.3 is 7.60 Å². The molecule has 0 radical (unpaired) electrons. The summed E-state index contributed by atoms with van der Waals surface area (Å²) in [5.41, 5.74) is 6.13. The standard InChI is InChI=1S/C17H30N3O5PS/c1-3-24-26(21,25-4-2)14-13-20-11-9-16(10-12-20)19-27(22,23)17-7-5-15(18)6-8-17/h5-8,16,19H,3-4,9-14,18H2,1-2H3. The van der Waals surface area contributed by atoms with Crippen LogP contribution in [0.1, 0.15) is 26.7 Å². The summed E-state index contributed by atoms with van der Waals surface area (Å²) < 4.78 is 50.8. The zero-order valence-electron chi connectivity index (χ0n) is 16.0.